The summed E-state index contributed by atoms with van der Waals surface area (Å²) in [4.78, 5) is 22.5. The Bertz CT molecular complexity index is 310. The molecule has 6 heteroatoms. The molecule has 0 amide bonds. The number of carbonyl (C=O) groups excluding carboxylic acids is 2. The van der Waals surface area contributed by atoms with Crippen LogP contribution in [0.1, 0.15) is 20.8 Å². The van der Waals surface area contributed by atoms with Crippen molar-refractivity contribution >= 4 is 11.9 Å². The maximum absolute atomic E-state index is 11.7. The summed E-state index contributed by atoms with van der Waals surface area (Å²) in [6, 6.07) is 0. The Morgan fingerprint density at radius 3 is 2.42 bits per heavy atom. The van der Waals surface area contributed by atoms with Crippen molar-refractivity contribution < 1.29 is 28.5 Å². The standard InChI is InChI=1S/C13H22O6/c1-6-11(14)17-7-8-19-13(3,4)12(15)18-9-10(2)16-5/h6,10H,1,7-9H2,2-5H3. The molecular formula is C13H22O6. The Morgan fingerprint density at radius 2 is 1.89 bits per heavy atom. The van der Waals surface area contributed by atoms with Crippen LogP contribution in [-0.4, -0.2) is 50.6 Å². The molecule has 0 aromatic rings. The second kappa shape index (κ2) is 8.66. The Morgan fingerprint density at radius 1 is 1.26 bits per heavy atom. The van der Waals surface area contributed by atoms with Crippen molar-refractivity contribution in [2.24, 2.45) is 0 Å². The minimum Gasteiger partial charge on any atom is -0.461 e. The lowest BCUT2D eigenvalue weighted by Gasteiger charge is -2.23. The van der Waals surface area contributed by atoms with Crippen LogP contribution in [0, 0.1) is 0 Å². The van der Waals surface area contributed by atoms with E-state index in [1.165, 1.54) is 7.11 Å². The van der Waals surface area contributed by atoms with Crippen LogP contribution in [-0.2, 0) is 28.5 Å². The molecule has 0 fully saturated rings. The summed E-state index contributed by atoms with van der Waals surface area (Å²) < 4.78 is 20.1. The highest BCUT2D eigenvalue weighted by Crippen LogP contribution is 2.12. The van der Waals surface area contributed by atoms with E-state index in [1.807, 2.05) is 0 Å². The predicted octanol–water partition coefficient (Wildman–Crippen LogP) is 1.09. The van der Waals surface area contributed by atoms with Crippen molar-refractivity contribution in [3.05, 3.63) is 12.7 Å². The molecule has 0 aromatic heterocycles. The first-order valence-electron chi connectivity index (χ1n) is 5.96. The van der Waals surface area contributed by atoms with Crippen LogP contribution < -0.4 is 0 Å². The van der Waals surface area contributed by atoms with Crippen molar-refractivity contribution in [2.45, 2.75) is 32.5 Å². The molecule has 0 saturated heterocycles. The zero-order valence-corrected chi connectivity index (χ0v) is 11.9. The van der Waals surface area contributed by atoms with Gasteiger partial charge in [-0.05, 0) is 20.8 Å². The minimum absolute atomic E-state index is 0.0516. The molecule has 1 atom stereocenters. The van der Waals surface area contributed by atoms with Crippen molar-refractivity contribution in [2.75, 3.05) is 26.9 Å². The summed E-state index contributed by atoms with van der Waals surface area (Å²) >= 11 is 0. The van der Waals surface area contributed by atoms with Gasteiger partial charge in [-0.15, -0.1) is 0 Å². The number of esters is 2. The van der Waals surface area contributed by atoms with E-state index in [4.69, 9.17) is 18.9 Å². The normalized spacial score (nSPS) is 12.6. The van der Waals surface area contributed by atoms with E-state index in [2.05, 4.69) is 6.58 Å². The molecule has 0 bridgehead atoms. The lowest BCUT2D eigenvalue weighted by Crippen LogP contribution is -2.39. The van der Waals surface area contributed by atoms with Crippen molar-refractivity contribution in [3.63, 3.8) is 0 Å². The van der Waals surface area contributed by atoms with Gasteiger partial charge in [-0.25, -0.2) is 9.59 Å². The van der Waals surface area contributed by atoms with Gasteiger partial charge in [0.05, 0.1) is 12.7 Å². The van der Waals surface area contributed by atoms with E-state index >= 15 is 0 Å². The third-order valence-electron chi connectivity index (χ3n) is 2.30. The van der Waals surface area contributed by atoms with Crippen LogP contribution >= 0.6 is 0 Å². The van der Waals surface area contributed by atoms with Gasteiger partial charge in [-0.2, -0.15) is 0 Å². The number of carbonyl (C=O) groups is 2. The first kappa shape index (κ1) is 17.6. The third-order valence-corrected chi connectivity index (χ3v) is 2.30. The van der Waals surface area contributed by atoms with E-state index in [9.17, 15) is 9.59 Å². The van der Waals surface area contributed by atoms with Crippen LogP contribution in [0.25, 0.3) is 0 Å². The molecule has 19 heavy (non-hydrogen) atoms. The molecule has 1 unspecified atom stereocenters. The number of ether oxygens (including phenoxy) is 4. The highest BCUT2D eigenvalue weighted by Gasteiger charge is 2.30. The lowest BCUT2D eigenvalue weighted by atomic mass is 10.1. The summed E-state index contributed by atoms with van der Waals surface area (Å²) in [6.07, 6.45) is 0.888. The zero-order valence-electron chi connectivity index (χ0n) is 11.9. The summed E-state index contributed by atoms with van der Waals surface area (Å²) in [7, 11) is 1.54. The van der Waals surface area contributed by atoms with E-state index in [-0.39, 0.29) is 25.9 Å². The van der Waals surface area contributed by atoms with Gasteiger partial charge in [0.2, 0.25) is 0 Å². The average Bonchev–Trinajstić information content (AvgIpc) is 2.39. The van der Waals surface area contributed by atoms with Gasteiger partial charge in [0.25, 0.3) is 0 Å². The Labute approximate surface area is 113 Å². The molecule has 0 radical (unpaired) electrons. The van der Waals surface area contributed by atoms with Crippen molar-refractivity contribution in [1.29, 1.82) is 0 Å². The minimum atomic E-state index is -1.10. The fourth-order valence-electron chi connectivity index (χ4n) is 0.992. The molecule has 0 aliphatic rings. The molecular weight excluding hydrogens is 252 g/mol. The maximum Gasteiger partial charge on any atom is 0.337 e. The topological polar surface area (TPSA) is 71.1 Å². The molecule has 110 valence electrons. The molecule has 0 saturated carbocycles. The number of hydrogen-bond acceptors (Lipinski definition) is 6. The van der Waals surface area contributed by atoms with Crippen LogP contribution in [0.4, 0.5) is 0 Å². The van der Waals surface area contributed by atoms with Gasteiger partial charge < -0.3 is 18.9 Å². The van der Waals surface area contributed by atoms with Gasteiger partial charge in [-0.1, -0.05) is 6.58 Å². The third kappa shape index (κ3) is 7.58. The Hall–Kier alpha value is -1.40. The molecule has 0 aromatic carbocycles. The molecule has 0 spiro atoms. The van der Waals surface area contributed by atoms with Gasteiger partial charge in [0.1, 0.15) is 13.2 Å². The molecule has 6 nitrogen and oxygen atoms in total. The van der Waals surface area contributed by atoms with Crippen LogP contribution in [0.15, 0.2) is 12.7 Å². The van der Waals surface area contributed by atoms with Gasteiger partial charge in [-0.3, -0.25) is 0 Å². The molecule has 0 N–H and O–H groups in total. The zero-order chi connectivity index (χ0) is 14.9. The quantitative estimate of drug-likeness (QED) is 0.356. The predicted molar refractivity (Wildman–Crippen MR) is 68.6 cm³/mol. The van der Waals surface area contributed by atoms with E-state index < -0.39 is 17.5 Å². The highest BCUT2D eigenvalue weighted by atomic mass is 16.6. The number of rotatable bonds is 9. The van der Waals surface area contributed by atoms with Crippen LogP contribution in [0.3, 0.4) is 0 Å². The summed E-state index contributed by atoms with van der Waals surface area (Å²) in [5, 5.41) is 0. The van der Waals surface area contributed by atoms with Gasteiger partial charge >= 0.3 is 11.9 Å². The van der Waals surface area contributed by atoms with Crippen molar-refractivity contribution in [3.8, 4) is 0 Å². The van der Waals surface area contributed by atoms with E-state index in [0.717, 1.165) is 6.08 Å². The monoisotopic (exact) mass is 274 g/mol. The van der Waals surface area contributed by atoms with E-state index in [0.29, 0.717) is 0 Å². The van der Waals surface area contributed by atoms with Gasteiger partial charge in [0.15, 0.2) is 5.60 Å². The Balaban J connectivity index is 3.98. The summed E-state index contributed by atoms with van der Waals surface area (Å²) in [6.45, 7) is 8.53. The first-order valence-corrected chi connectivity index (χ1v) is 5.96. The van der Waals surface area contributed by atoms with Crippen molar-refractivity contribution in [1.82, 2.24) is 0 Å². The van der Waals surface area contributed by atoms with Crippen LogP contribution in [0.5, 0.6) is 0 Å². The van der Waals surface area contributed by atoms with Crippen LogP contribution in [0.2, 0.25) is 0 Å². The smallest absolute Gasteiger partial charge is 0.337 e. The fraction of sp³-hybridized carbons (Fsp3) is 0.692. The average molecular weight is 274 g/mol. The maximum atomic E-state index is 11.7. The second-order valence-corrected chi connectivity index (χ2v) is 4.38. The second-order valence-electron chi connectivity index (χ2n) is 4.38. The first-order chi connectivity index (χ1) is 8.83. The Kier molecular flexibility index (Phi) is 8.02. The number of methoxy groups -OCH3 is 1. The highest BCUT2D eigenvalue weighted by molar-refractivity contribution is 5.81. The largest absolute Gasteiger partial charge is 0.461 e. The lowest BCUT2D eigenvalue weighted by molar-refractivity contribution is -0.173. The van der Waals surface area contributed by atoms with E-state index in [1.54, 1.807) is 20.8 Å². The fourth-order valence-corrected chi connectivity index (χ4v) is 0.992. The molecule has 0 aliphatic heterocycles. The molecule has 0 aliphatic carbocycles. The van der Waals surface area contributed by atoms with Gasteiger partial charge in [0, 0.05) is 13.2 Å². The summed E-state index contributed by atoms with van der Waals surface area (Å²) in [5.74, 6) is -1.02. The SMILES string of the molecule is C=CC(=O)OCCOC(C)(C)C(=O)OCC(C)OC. The number of hydrogen-bond donors (Lipinski definition) is 0. The molecule has 0 rings (SSSR count). The molecule has 0 heterocycles. The summed E-state index contributed by atoms with van der Waals surface area (Å²) in [5.41, 5.74) is -1.10.